The van der Waals surface area contributed by atoms with Crippen LogP contribution in [0.1, 0.15) is 81.9 Å². The van der Waals surface area contributed by atoms with Crippen molar-refractivity contribution >= 4 is 23.7 Å². The Morgan fingerprint density at radius 1 is 0.809 bits per heavy atom. The Hall–Kier alpha value is -4.64. The number of ether oxygens (including phenoxy) is 5. The molecule has 4 rings (SSSR count). The van der Waals surface area contributed by atoms with Gasteiger partial charge in [0.25, 0.3) is 0 Å². The molecule has 2 aromatic carbocycles. The first-order chi connectivity index (χ1) is 22.0. The summed E-state index contributed by atoms with van der Waals surface area (Å²) in [6.45, 7) is 10.8. The van der Waals surface area contributed by atoms with E-state index in [4.69, 9.17) is 23.7 Å². The van der Waals surface area contributed by atoms with Gasteiger partial charge in [-0.1, -0.05) is 18.2 Å². The second kappa shape index (κ2) is 13.6. The molecule has 1 aliphatic rings. The molecule has 0 N–H and O–H groups in total. The lowest BCUT2D eigenvalue weighted by Crippen LogP contribution is -2.64. The van der Waals surface area contributed by atoms with Gasteiger partial charge in [-0.15, -0.1) is 0 Å². The van der Waals surface area contributed by atoms with E-state index in [1.165, 1.54) is 21.3 Å². The summed E-state index contributed by atoms with van der Waals surface area (Å²) in [5, 5.41) is 0. The number of aromatic nitrogens is 1. The second-order valence-electron chi connectivity index (χ2n) is 13.6. The number of hydrogen-bond donors (Lipinski definition) is 0. The topological polar surface area (TPSA) is 113 Å². The molecule has 1 saturated heterocycles. The Kier molecular flexibility index (Phi) is 10.2. The fourth-order valence-electron chi connectivity index (χ4n) is 5.83. The molecule has 47 heavy (non-hydrogen) atoms. The number of benzene rings is 2. The van der Waals surface area contributed by atoms with Gasteiger partial charge < -0.3 is 23.7 Å². The van der Waals surface area contributed by atoms with E-state index in [2.05, 4.69) is 4.98 Å². The fraction of sp³-hybridized carbons (Fsp3) is 0.444. The Labute approximate surface area is 276 Å². The predicted octanol–water partition coefficient (Wildman–Crippen LogP) is 7.31. The standard InChI is InChI=1S/C36H46N3O8/c1-35(2,3)46-33(41)38-27(24-14-12-18-37-22-24)16-17-30(38)39(7,34(42)47-36(4,5)6)26-15-11-13-23(19-26)31(40)25-20-28(43-8)32(45-10)29(21-25)44-9/h11-15,18-22,27,30H,16-17H2,1-10H3/q+1. The summed E-state index contributed by atoms with van der Waals surface area (Å²) >= 11 is 0. The van der Waals surface area contributed by atoms with Crippen molar-refractivity contribution in [2.24, 2.45) is 0 Å². The Morgan fingerprint density at radius 2 is 1.45 bits per heavy atom. The molecule has 1 aromatic heterocycles. The van der Waals surface area contributed by atoms with Gasteiger partial charge in [0.2, 0.25) is 5.75 Å². The van der Waals surface area contributed by atoms with Crippen LogP contribution < -0.4 is 18.7 Å². The van der Waals surface area contributed by atoms with Crippen LogP contribution in [0, 0.1) is 0 Å². The molecule has 11 heteroatoms. The molecule has 2 heterocycles. The molecule has 0 aliphatic carbocycles. The number of pyridine rings is 1. The van der Waals surface area contributed by atoms with Gasteiger partial charge in [0, 0.05) is 36.0 Å². The van der Waals surface area contributed by atoms with E-state index in [0.717, 1.165) is 5.56 Å². The van der Waals surface area contributed by atoms with Gasteiger partial charge in [-0.25, -0.2) is 9.69 Å². The van der Waals surface area contributed by atoms with E-state index in [1.54, 1.807) is 102 Å². The summed E-state index contributed by atoms with van der Waals surface area (Å²) < 4.78 is 27.8. The van der Waals surface area contributed by atoms with Crippen LogP contribution in [0.15, 0.2) is 60.9 Å². The van der Waals surface area contributed by atoms with Crippen molar-refractivity contribution in [2.45, 2.75) is 77.8 Å². The number of methoxy groups -OCH3 is 3. The minimum atomic E-state index is -0.835. The van der Waals surface area contributed by atoms with Gasteiger partial charge in [-0.05, 0) is 77.8 Å². The molecule has 0 bridgehead atoms. The number of rotatable bonds is 8. The maximum atomic E-state index is 14.4. The molecule has 252 valence electrons. The molecule has 3 aromatic rings. The number of likely N-dealkylation sites (tertiary alicyclic amines) is 1. The summed E-state index contributed by atoms with van der Waals surface area (Å²) in [5.74, 6) is 0.703. The van der Waals surface area contributed by atoms with Crippen LogP contribution in [0.5, 0.6) is 17.2 Å². The molecule has 0 spiro atoms. The third-order valence-corrected chi connectivity index (χ3v) is 7.97. The highest BCUT2D eigenvalue weighted by molar-refractivity contribution is 6.10. The Balaban J connectivity index is 1.87. The zero-order valence-electron chi connectivity index (χ0n) is 29.0. The van der Waals surface area contributed by atoms with Crippen molar-refractivity contribution in [3.63, 3.8) is 0 Å². The van der Waals surface area contributed by atoms with Crippen LogP contribution in [0.25, 0.3) is 0 Å². The van der Waals surface area contributed by atoms with Crippen molar-refractivity contribution in [1.29, 1.82) is 0 Å². The maximum absolute atomic E-state index is 14.4. The smallest absolute Gasteiger partial charge is 0.493 e. The first-order valence-corrected chi connectivity index (χ1v) is 15.5. The number of carbonyl (C=O) groups excluding carboxylic acids is 3. The normalized spacial score (nSPS) is 17.8. The average molecular weight is 649 g/mol. The van der Waals surface area contributed by atoms with E-state index in [9.17, 15) is 14.4 Å². The number of quaternary nitrogens is 1. The molecule has 0 saturated carbocycles. The van der Waals surface area contributed by atoms with Crippen LogP contribution in [0.3, 0.4) is 0 Å². The molecule has 2 amide bonds. The second-order valence-corrected chi connectivity index (χ2v) is 13.6. The third-order valence-electron chi connectivity index (χ3n) is 7.97. The lowest BCUT2D eigenvalue weighted by atomic mass is 10.0. The number of amides is 2. The quantitative estimate of drug-likeness (QED) is 0.183. The number of ketones is 1. The van der Waals surface area contributed by atoms with Crippen molar-refractivity contribution in [3.8, 4) is 17.2 Å². The van der Waals surface area contributed by atoms with Crippen LogP contribution >= 0.6 is 0 Å². The maximum Gasteiger partial charge on any atom is 0.523 e. The summed E-state index contributed by atoms with van der Waals surface area (Å²) in [6.07, 6.45) is 2.50. The molecule has 3 unspecified atom stereocenters. The van der Waals surface area contributed by atoms with Crippen LogP contribution in [0.2, 0.25) is 0 Å². The predicted molar refractivity (Wildman–Crippen MR) is 178 cm³/mol. The van der Waals surface area contributed by atoms with Gasteiger partial charge in [0.15, 0.2) is 23.4 Å². The number of carbonyl (C=O) groups is 3. The molecular weight excluding hydrogens is 602 g/mol. The fourth-order valence-corrected chi connectivity index (χ4v) is 5.83. The minimum Gasteiger partial charge on any atom is -0.493 e. The van der Waals surface area contributed by atoms with E-state index in [0.29, 0.717) is 46.9 Å². The summed E-state index contributed by atoms with van der Waals surface area (Å²) in [5.41, 5.74) is 0.279. The van der Waals surface area contributed by atoms with Gasteiger partial charge in [0.05, 0.1) is 34.4 Å². The summed E-state index contributed by atoms with van der Waals surface area (Å²) in [4.78, 5) is 48.3. The molecule has 11 nitrogen and oxygen atoms in total. The first-order valence-electron chi connectivity index (χ1n) is 15.5. The molecule has 1 fully saturated rings. The van der Waals surface area contributed by atoms with Gasteiger partial charge >= 0.3 is 12.2 Å². The molecule has 0 radical (unpaired) electrons. The average Bonchev–Trinajstić information content (AvgIpc) is 3.48. The monoisotopic (exact) mass is 648 g/mol. The highest BCUT2D eigenvalue weighted by Crippen LogP contribution is 2.44. The Bertz CT molecular complexity index is 1590. The van der Waals surface area contributed by atoms with Crippen LogP contribution in [0.4, 0.5) is 15.3 Å². The number of nitrogens with zero attached hydrogens (tertiary/aromatic N) is 3. The molecular formula is C36H46N3O8+. The lowest BCUT2D eigenvalue weighted by Gasteiger charge is -2.42. The molecule has 3 atom stereocenters. The molecule has 1 aliphatic heterocycles. The van der Waals surface area contributed by atoms with Crippen molar-refractivity contribution < 1.29 is 38.1 Å². The SMILES string of the molecule is COc1cc(C(=O)c2cccc([N+](C)(C(=O)OC(C)(C)C)C3CCC(c4cccnc4)N3C(=O)OC(C)(C)C)c2)cc(OC)c1OC. The van der Waals surface area contributed by atoms with E-state index >= 15 is 0 Å². The third kappa shape index (κ3) is 7.51. The zero-order chi connectivity index (χ0) is 34.7. The van der Waals surface area contributed by atoms with Crippen LogP contribution in [-0.4, -0.2) is 73.6 Å². The lowest BCUT2D eigenvalue weighted by molar-refractivity contribution is -0.0162. The van der Waals surface area contributed by atoms with Crippen LogP contribution in [-0.2, 0) is 9.47 Å². The Morgan fingerprint density at radius 3 is 1.98 bits per heavy atom. The van der Waals surface area contributed by atoms with Crippen molar-refractivity contribution in [3.05, 3.63) is 77.6 Å². The van der Waals surface area contributed by atoms with Crippen molar-refractivity contribution in [1.82, 2.24) is 14.4 Å². The summed E-state index contributed by atoms with van der Waals surface area (Å²) in [7, 11) is 6.16. The van der Waals surface area contributed by atoms with E-state index in [-0.39, 0.29) is 5.78 Å². The van der Waals surface area contributed by atoms with Crippen molar-refractivity contribution in [2.75, 3.05) is 28.4 Å². The van der Waals surface area contributed by atoms with E-state index < -0.39 is 40.1 Å². The van der Waals surface area contributed by atoms with Gasteiger partial charge in [-0.2, -0.15) is 9.28 Å². The summed E-state index contributed by atoms with van der Waals surface area (Å²) in [6, 6.07) is 13.3. The number of hydrogen-bond acceptors (Lipinski definition) is 9. The highest BCUT2D eigenvalue weighted by Gasteiger charge is 2.56. The largest absolute Gasteiger partial charge is 0.523 e. The highest BCUT2D eigenvalue weighted by atomic mass is 16.6. The minimum absolute atomic E-state index is 0.302. The first kappa shape index (κ1) is 35.2. The van der Waals surface area contributed by atoms with Gasteiger partial charge in [-0.3, -0.25) is 9.78 Å². The van der Waals surface area contributed by atoms with Gasteiger partial charge in [0.1, 0.15) is 16.9 Å². The zero-order valence-corrected chi connectivity index (χ0v) is 29.0. The van der Waals surface area contributed by atoms with E-state index in [1.807, 2.05) is 12.1 Å².